The Morgan fingerprint density at radius 2 is 2.13 bits per heavy atom. The van der Waals surface area contributed by atoms with Gasteiger partial charge in [0.05, 0.1) is 5.39 Å². The fourth-order valence-corrected chi connectivity index (χ4v) is 2.21. The second-order valence-electron chi connectivity index (χ2n) is 3.16. The molecule has 0 radical (unpaired) electrons. The number of fused-ring (bicyclic) bond motifs is 1. The van der Waals surface area contributed by atoms with E-state index in [2.05, 4.69) is 4.98 Å². The molecule has 5 nitrogen and oxygen atoms in total. The lowest BCUT2D eigenvalue weighted by Crippen LogP contribution is -2.26. The molecule has 0 saturated heterocycles. The molecule has 0 aliphatic heterocycles. The van der Waals surface area contributed by atoms with Crippen molar-refractivity contribution in [2.75, 3.05) is 6.26 Å². The molecule has 0 atom stereocenters. The molecular weight excluding hydrogens is 216 g/mol. The third kappa shape index (κ3) is 1.63. The van der Waals surface area contributed by atoms with E-state index in [1.54, 1.807) is 6.07 Å². The SMILES string of the molecule is CS(=O)(=O)c1nccc2c1ccc[n+]2[O-]. The Kier molecular flexibility index (Phi) is 2.08. The predicted molar refractivity (Wildman–Crippen MR) is 53.8 cm³/mol. The van der Waals surface area contributed by atoms with E-state index >= 15 is 0 Å². The Labute approximate surface area is 86.5 Å². The molecule has 0 amide bonds. The zero-order valence-electron chi connectivity index (χ0n) is 7.91. The van der Waals surface area contributed by atoms with Gasteiger partial charge in [0.25, 0.3) is 0 Å². The van der Waals surface area contributed by atoms with Crippen LogP contribution in [0, 0.1) is 5.21 Å². The van der Waals surface area contributed by atoms with Crippen LogP contribution in [-0.2, 0) is 9.84 Å². The minimum Gasteiger partial charge on any atom is -0.618 e. The normalized spacial score (nSPS) is 11.8. The average Bonchev–Trinajstić information content (AvgIpc) is 2.16. The number of aromatic nitrogens is 2. The van der Waals surface area contributed by atoms with Crippen LogP contribution in [-0.4, -0.2) is 19.7 Å². The summed E-state index contributed by atoms with van der Waals surface area (Å²) in [4.78, 5) is 3.78. The summed E-state index contributed by atoms with van der Waals surface area (Å²) >= 11 is 0. The fourth-order valence-electron chi connectivity index (χ4n) is 1.39. The number of hydrogen-bond acceptors (Lipinski definition) is 4. The highest BCUT2D eigenvalue weighted by Gasteiger charge is 2.16. The molecule has 0 unspecified atom stereocenters. The van der Waals surface area contributed by atoms with Gasteiger partial charge < -0.3 is 5.21 Å². The molecule has 0 spiro atoms. The van der Waals surface area contributed by atoms with Gasteiger partial charge in [0.2, 0.25) is 5.52 Å². The van der Waals surface area contributed by atoms with Gasteiger partial charge in [-0.3, -0.25) is 0 Å². The number of pyridine rings is 2. The topological polar surface area (TPSA) is 74.0 Å². The molecular formula is C9H8N2O3S. The second-order valence-corrected chi connectivity index (χ2v) is 5.09. The van der Waals surface area contributed by atoms with Crippen molar-refractivity contribution in [3.8, 4) is 0 Å². The molecule has 78 valence electrons. The minimum atomic E-state index is -3.41. The van der Waals surface area contributed by atoms with Gasteiger partial charge in [-0.05, 0) is 6.07 Å². The summed E-state index contributed by atoms with van der Waals surface area (Å²) in [6.07, 6.45) is 3.69. The van der Waals surface area contributed by atoms with Crippen LogP contribution < -0.4 is 4.73 Å². The summed E-state index contributed by atoms with van der Waals surface area (Å²) in [5, 5.41) is 11.6. The Morgan fingerprint density at radius 3 is 2.80 bits per heavy atom. The molecule has 2 aromatic rings. The monoisotopic (exact) mass is 224 g/mol. The maximum Gasteiger partial charge on any atom is 0.228 e. The van der Waals surface area contributed by atoms with Crippen molar-refractivity contribution in [1.82, 2.24) is 4.98 Å². The van der Waals surface area contributed by atoms with Gasteiger partial charge in [-0.1, -0.05) is 0 Å². The largest absolute Gasteiger partial charge is 0.618 e. The quantitative estimate of drug-likeness (QED) is 0.515. The van der Waals surface area contributed by atoms with E-state index in [-0.39, 0.29) is 5.03 Å². The first-order chi connectivity index (χ1) is 7.00. The van der Waals surface area contributed by atoms with Gasteiger partial charge in [-0.2, -0.15) is 4.73 Å². The summed E-state index contributed by atoms with van der Waals surface area (Å²) in [7, 11) is -3.41. The Balaban J connectivity index is 2.96. The van der Waals surface area contributed by atoms with Gasteiger partial charge in [-0.15, -0.1) is 0 Å². The highest BCUT2D eigenvalue weighted by atomic mass is 32.2. The van der Waals surface area contributed by atoms with E-state index in [0.717, 1.165) is 6.26 Å². The van der Waals surface area contributed by atoms with Gasteiger partial charge in [0.1, 0.15) is 0 Å². The third-order valence-corrected chi connectivity index (χ3v) is 3.03. The Bertz CT molecular complexity index is 622. The van der Waals surface area contributed by atoms with Gasteiger partial charge in [0.15, 0.2) is 21.1 Å². The maximum absolute atomic E-state index is 11.4. The number of hydrogen-bond donors (Lipinski definition) is 0. The number of rotatable bonds is 1. The molecule has 0 saturated carbocycles. The van der Waals surface area contributed by atoms with Crippen molar-refractivity contribution in [1.29, 1.82) is 0 Å². The van der Waals surface area contributed by atoms with Gasteiger partial charge in [-0.25, -0.2) is 13.4 Å². The lowest BCUT2D eigenvalue weighted by molar-refractivity contribution is -0.577. The van der Waals surface area contributed by atoms with E-state index in [4.69, 9.17) is 0 Å². The Hall–Kier alpha value is -1.69. The van der Waals surface area contributed by atoms with Crippen LogP contribution >= 0.6 is 0 Å². The summed E-state index contributed by atoms with van der Waals surface area (Å²) in [5.41, 5.74) is 0.299. The van der Waals surface area contributed by atoms with Crippen molar-refractivity contribution in [3.63, 3.8) is 0 Å². The van der Waals surface area contributed by atoms with Crippen LogP contribution in [0.25, 0.3) is 10.9 Å². The van der Waals surface area contributed by atoms with E-state index in [0.29, 0.717) is 15.6 Å². The molecule has 0 bridgehead atoms. The zero-order valence-corrected chi connectivity index (χ0v) is 8.73. The molecule has 0 fully saturated rings. The van der Waals surface area contributed by atoms with E-state index in [1.165, 1.54) is 24.5 Å². The van der Waals surface area contributed by atoms with E-state index < -0.39 is 9.84 Å². The van der Waals surface area contributed by atoms with Crippen LogP contribution in [0.5, 0.6) is 0 Å². The molecule has 0 N–H and O–H groups in total. The molecule has 0 aliphatic rings. The fraction of sp³-hybridized carbons (Fsp3) is 0.111. The smallest absolute Gasteiger partial charge is 0.228 e. The average molecular weight is 224 g/mol. The summed E-state index contributed by atoms with van der Waals surface area (Å²) in [5.74, 6) is 0. The van der Waals surface area contributed by atoms with Crippen LogP contribution in [0.4, 0.5) is 0 Å². The van der Waals surface area contributed by atoms with Crippen molar-refractivity contribution >= 4 is 20.7 Å². The van der Waals surface area contributed by atoms with Crippen molar-refractivity contribution in [2.24, 2.45) is 0 Å². The summed E-state index contributed by atoms with van der Waals surface area (Å²) in [6.45, 7) is 0. The first-order valence-corrected chi connectivity index (χ1v) is 6.06. The van der Waals surface area contributed by atoms with Crippen molar-refractivity contribution < 1.29 is 13.1 Å². The van der Waals surface area contributed by atoms with Gasteiger partial charge in [0, 0.05) is 24.6 Å². The lowest BCUT2D eigenvalue weighted by Gasteiger charge is -2.03. The van der Waals surface area contributed by atoms with E-state index in [9.17, 15) is 13.6 Å². The van der Waals surface area contributed by atoms with Crippen LogP contribution in [0.3, 0.4) is 0 Å². The molecule has 0 aromatic carbocycles. The number of sulfone groups is 1. The lowest BCUT2D eigenvalue weighted by atomic mass is 10.3. The first kappa shape index (κ1) is 9.85. The van der Waals surface area contributed by atoms with E-state index in [1.807, 2.05) is 0 Å². The number of nitrogens with zero attached hydrogens (tertiary/aromatic N) is 2. The summed E-state index contributed by atoms with van der Waals surface area (Å²) < 4.78 is 23.4. The summed E-state index contributed by atoms with van der Waals surface area (Å²) in [6, 6.07) is 4.54. The van der Waals surface area contributed by atoms with Crippen molar-refractivity contribution in [2.45, 2.75) is 5.03 Å². The maximum atomic E-state index is 11.4. The predicted octanol–water partition coefficient (Wildman–Crippen LogP) is 0.272. The highest BCUT2D eigenvalue weighted by Crippen LogP contribution is 2.17. The second kappa shape index (κ2) is 3.16. The minimum absolute atomic E-state index is 0.0646. The van der Waals surface area contributed by atoms with Gasteiger partial charge >= 0.3 is 0 Å². The molecule has 2 rings (SSSR count). The third-order valence-electron chi connectivity index (χ3n) is 2.00. The Morgan fingerprint density at radius 1 is 1.40 bits per heavy atom. The van der Waals surface area contributed by atoms with Crippen LogP contribution in [0.15, 0.2) is 35.6 Å². The van der Waals surface area contributed by atoms with Crippen LogP contribution in [0.1, 0.15) is 0 Å². The molecule has 6 heteroatoms. The molecule has 2 heterocycles. The molecule has 15 heavy (non-hydrogen) atoms. The molecule has 0 aliphatic carbocycles. The molecule has 2 aromatic heterocycles. The highest BCUT2D eigenvalue weighted by molar-refractivity contribution is 7.90. The standard InChI is InChI=1S/C9H8N2O3S/c1-15(13,14)9-7-3-2-6-11(12)8(7)4-5-10-9/h2-6H,1H3. The first-order valence-electron chi connectivity index (χ1n) is 4.17. The van der Waals surface area contributed by atoms with Crippen molar-refractivity contribution in [3.05, 3.63) is 35.8 Å². The van der Waals surface area contributed by atoms with Crippen LogP contribution in [0.2, 0.25) is 0 Å². The zero-order chi connectivity index (χ0) is 11.1.